The van der Waals surface area contributed by atoms with Crippen molar-refractivity contribution in [3.8, 4) is 0 Å². The molecule has 1 atom stereocenters. The Labute approximate surface area is 180 Å². The Morgan fingerprint density at radius 3 is 2.60 bits per heavy atom. The molecule has 0 bridgehead atoms. The molecular weight excluding hydrogens is 428 g/mol. The monoisotopic (exact) mass is 452 g/mol. The highest BCUT2D eigenvalue weighted by molar-refractivity contribution is 7.90. The van der Waals surface area contributed by atoms with E-state index in [9.17, 15) is 18.0 Å². The van der Waals surface area contributed by atoms with Gasteiger partial charge in [0.1, 0.15) is 6.54 Å². The number of primary amides is 1. The van der Waals surface area contributed by atoms with E-state index in [4.69, 9.17) is 17.3 Å². The number of benzene rings is 1. The topological polar surface area (TPSA) is 124 Å². The molecule has 0 unspecified atom stereocenters. The molecule has 1 saturated carbocycles. The third-order valence-corrected chi connectivity index (χ3v) is 6.91. The van der Waals surface area contributed by atoms with Crippen molar-refractivity contribution in [2.75, 3.05) is 11.6 Å². The zero-order valence-electron chi connectivity index (χ0n) is 16.7. The van der Waals surface area contributed by atoms with Crippen LogP contribution in [0.5, 0.6) is 0 Å². The van der Waals surface area contributed by atoms with E-state index in [1.807, 2.05) is 0 Å². The van der Waals surface area contributed by atoms with E-state index in [1.165, 1.54) is 10.7 Å². The minimum atomic E-state index is -3.46. The summed E-state index contributed by atoms with van der Waals surface area (Å²) in [6.45, 7) is -0.0794. The van der Waals surface area contributed by atoms with Crippen LogP contribution in [0.15, 0.2) is 35.4 Å². The first kappa shape index (κ1) is 22.3. The van der Waals surface area contributed by atoms with Crippen LogP contribution in [0.4, 0.5) is 5.82 Å². The molecule has 30 heavy (non-hydrogen) atoms. The normalized spacial score (nSPS) is 15.8. The average molecular weight is 453 g/mol. The maximum absolute atomic E-state index is 13.1. The lowest BCUT2D eigenvalue weighted by Gasteiger charge is -2.21. The maximum Gasteiger partial charge on any atom is 0.239 e. The predicted octanol–water partition coefficient (Wildman–Crippen LogP) is 2.73. The SMILES string of the molecule is CS(=O)(=O)c1ccc([C@@H](CC2CCCC2)C(=O)Nc2ccn(CC(N)=O)n2)cc1Cl. The molecule has 10 heteroatoms. The number of anilines is 1. The molecule has 1 aliphatic carbocycles. The first-order chi connectivity index (χ1) is 14.1. The van der Waals surface area contributed by atoms with Gasteiger partial charge in [-0.3, -0.25) is 14.3 Å². The van der Waals surface area contributed by atoms with Crippen molar-refractivity contribution < 1.29 is 18.0 Å². The van der Waals surface area contributed by atoms with Crippen LogP contribution in [0.25, 0.3) is 0 Å². The molecule has 0 radical (unpaired) electrons. The largest absolute Gasteiger partial charge is 0.368 e. The Balaban J connectivity index is 1.84. The van der Waals surface area contributed by atoms with E-state index in [-0.39, 0.29) is 22.4 Å². The summed E-state index contributed by atoms with van der Waals surface area (Å²) in [4.78, 5) is 24.2. The van der Waals surface area contributed by atoms with Gasteiger partial charge >= 0.3 is 0 Å². The fraction of sp³-hybridized carbons (Fsp3) is 0.450. The van der Waals surface area contributed by atoms with Gasteiger partial charge in [-0.2, -0.15) is 5.10 Å². The highest BCUT2D eigenvalue weighted by Gasteiger charge is 2.28. The van der Waals surface area contributed by atoms with Gasteiger partial charge in [-0.05, 0) is 30.0 Å². The number of halogens is 1. The molecule has 1 aliphatic rings. The number of rotatable bonds is 8. The molecule has 0 aliphatic heterocycles. The lowest BCUT2D eigenvalue weighted by atomic mass is 9.87. The standard InChI is InChI=1S/C20H25ClN4O4S/c1-30(28,29)17-7-6-14(11-16(17)21)15(10-13-4-2-3-5-13)20(27)23-19-8-9-25(24-19)12-18(22)26/h6-9,11,13,15H,2-5,10,12H2,1H3,(H2,22,26)(H,23,24,27)/t15-/m1/s1. The first-order valence-electron chi connectivity index (χ1n) is 9.75. The summed E-state index contributed by atoms with van der Waals surface area (Å²) in [5, 5.41) is 7.03. The summed E-state index contributed by atoms with van der Waals surface area (Å²) in [6.07, 6.45) is 7.71. The Kier molecular flexibility index (Phi) is 6.82. The van der Waals surface area contributed by atoms with Crippen LogP contribution in [0.2, 0.25) is 5.02 Å². The first-order valence-corrected chi connectivity index (χ1v) is 12.0. The molecule has 1 heterocycles. The fourth-order valence-corrected chi connectivity index (χ4v) is 5.24. The molecule has 0 saturated heterocycles. The van der Waals surface area contributed by atoms with E-state index in [0.29, 0.717) is 23.7 Å². The summed E-state index contributed by atoms with van der Waals surface area (Å²) < 4.78 is 25.1. The molecule has 0 spiro atoms. The zero-order chi connectivity index (χ0) is 21.9. The summed E-state index contributed by atoms with van der Waals surface area (Å²) in [6, 6.07) is 6.24. The average Bonchev–Trinajstić information content (AvgIpc) is 3.30. The van der Waals surface area contributed by atoms with Crippen molar-refractivity contribution in [1.82, 2.24) is 9.78 Å². The van der Waals surface area contributed by atoms with Gasteiger partial charge in [0.2, 0.25) is 11.8 Å². The molecule has 162 valence electrons. The lowest BCUT2D eigenvalue weighted by molar-refractivity contribution is -0.119. The minimum Gasteiger partial charge on any atom is -0.368 e. The number of hydrogen-bond donors (Lipinski definition) is 2. The number of nitrogens with zero attached hydrogens (tertiary/aromatic N) is 2. The van der Waals surface area contributed by atoms with Crippen molar-refractivity contribution >= 4 is 39.1 Å². The van der Waals surface area contributed by atoms with E-state index >= 15 is 0 Å². The zero-order valence-corrected chi connectivity index (χ0v) is 18.2. The molecule has 1 aromatic heterocycles. The Morgan fingerprint density at radius 1 is 1.30 bits per heavy atom. The molecule has 2 aromatic rings. The van der Waals surface area contributed by atoms with E-state index in [0.717, 1.165) is 31.9 Å². The van der Waals surface area contributed by atoms with Crippen molar-refractivity contribution in [2.45, 2.75) is 49.5 Å². The number of nitrogens with one attached hydrogen (secondary N) is 1. The molecule has 3 rings (SSSR count). The van der Waals surface area contributed by atoms with Crippen molar-refractivity contribution in [1.29, 1.82) is 0 Å². The van der Waals surface area contributed by atoms with Crippen LogP contribution >= 0.6 is 11.6 Å². The Bertz CT molecular complexity index is 1040. The number of amides is 2. The predicted molar refractivity (Wildman–Crippen MR) is 114 cm³/mol. The van der Waals surface area contributed by atoms with Crippen LogP contribution < -0.4 is 11.1 Å². The van der Waals surface area contributed by atoms with Crippen molar-refractivity contribution in [3.63, 3.8) is 0 Å². The maximum atomic E-state index is 13.1. The van der Waals surface area contributed by atoms with Gasteiger partial charge in [0.25, 0.3) is 0 Å². The van der Waals surface area contributed by atoms with Gasteiger partial charge in [0.15, 0.2) is 15.7 Å². The molecule has 8 nitrogen and oxygen atoms in total. The second kappa shape index (κ2) is 9.18. The number of sulfone groups is 1. The summed E-state index contributed by atoms with van der Waals surface area (Å²) >= 11 is 6.22. The summed E-state index contributed by atoms with van der Waals surface area (Å²) in [5.41, 5.74) is 5.83. The number of carbonyl (C=O) groups excluding carboxylic acids is 2. The third kappa shape index (κ3) is 5.60. The van der Waals surface area contributed by atoms with Crippen molar-refractivity contribution in [3.05, 3.63) is 41.0 Å². The third-order valence-electron chi connectivity index (χ3n) is 5.33. The number of hydrogen-bond acceptors (Lipinski definition) is 5. The second-order valence-electron chi connectivity index (χ2n) is 7.75. The van der Waals surface area contributed by atoms with E-state index < -0.39 is 21.7 Å². The molecular formula is C20H25ClN4O4S. The van der Waals surface area contributed by atoms with E-state index in [1.54, 1.807) is 24.4 Å². The van der Waals surface area contributed by atoms with Crippen LogP contribution in [-0.2, 0) is 26.0 Å². The number of aromatic nitrogens is 2. The van der Waals surface area contributed by atoms with Crippen LogP contribution in [0.3, 0.4) is 0 Å². The lowest BCUT2D eigenvalue weighted by Crippen LogP contribution is -2.24. The van der Waals surface area contributed by atoms with Crippen molar-refractivity contribution in [2.24, 2.45) is 11.7 Å². The van der Waals surface area contributed by atoms with Gasteiger partial charge in [0.05, 0.1) is 15.8 Å². The number of nitrogens with two attached hydrogens (primary N) is 1. The second-order valence-corrected chi connectivity index (χ2v) is 10.1. The molecule has 3 N–H and O–H groups in total. The highest BCUT2D eigenvalue weighted by atomic mass is 35.5. The van der Waals surface area contributed by atoms with Gasteiger partial charge in [-0.25, -0.2) is 8.42 Å². The Hall–Kier alpha value is -2.39. The summed E-state index contributed by atoms with van der Waals surface area (Å²) in [5.74, 6) is -0.552. The Morgan fingerprint density at radius 2 is 2.00 bits per heavy atom. The van der Waals surface area contributed by atoms with Gasteiger partial charge < -0.3 is 11.1 Å². The van der Waals surface area contributed by atoms with Gasteiger partial charge in [0, 0.05) is 18.5 Å². The van der Waals surface area contributed by atoms with Crippen LogP contribution in [0.1, 0.15) is 43.6 Å². The smallest absolute Gasteiger partial charge is 0.239 e. The molecule has 1 aromatic carbocycles. The minimum absolute atomic E-state index is 0.0399. The van der Waals surface area contributed by atoms with E-state index in [2.05, 4.69) is 10.4 Å². The van der Waals surface area contributed by atoms with Crippen LogP contribution in [0, 0.1) is 5.92 Å². The highest BCUT2D eigenvalue weighted by Crippen LogP contribution is 2.36. The quantitative estimate of drug-likeness (QED) is 0.637. The fourth-order valence-electron chi connectivity index (χ4n) is 3.90. The van der Waals surface area contributed by atoms with Gasteiger partial charge in [-0.15, -0.1) is 0 Å². The molecule has 2 amide bonds. The van der Waals surface area contributed by atoms with Crippen LogP contribution in [-0.4, -0.2) is 36.3 Å². The number of carbonyl (C=O) groups is 2. The van der Waals surface area contributed by atoms with Gasteiger partial charge in [-0.1, -0.05) is 43.4 Å². The molecule has 1 fully saturated rings. The summed E-state index contributed by atoms with van der Waals surface area (Å²) in [7, 11) is -3.46.